The summed E-state index contributed by atoms with van der Waals surface area (Å²) in [4.78, 5) is 0. The van der Waals surface area contributed by atoms with Gasteiger partial charge in [0.1, 0.15) is 0 Å². The van der Waals surface area contributed by atoms with E-state index in [0.29, 0.717) is 0 Å². The Morgan fingerprint density at radius 1 is 0.457 bits per heavy atom. The van der Waals surface area contributed by atoms with E-state index in [1.165, 1.54) is 44.5 Å². The van der Waals surface area contributed by atoms with Gasteiger partial charge in [-0.15, -0.1) is 0 Å². The van der Waals surface area contributed by atoms with Crippen molar-refractivity contribution in [2.45, 2.75) is 20.8 Å². The van der Waals surface area contributed by atoms with Gasteiger partial charge in [0.25, 0.3) is 0 Å². The molecule has 0 amide bonds. The van der Waals surface area contributed by atoms with Crippen molar-refractivity contribution in [2.75, 3.05) is 11.1 Å². The van der Waals surface area contributed by atoms with Crippen molar-refractivity contribution in [1.29, 1.82) is 0 Å². The molecule has 5 aromatic rings. The third-order valence-electron chi connectivity index (χ3n) is 6.44. The van der Waals surface area contributed by atoms with Gasteiger partial charge >= 0.3 is 0 Å². The summed E-state index contributed by atoms with van der Waals surface area (Å²) in [6, 6.07) is 38.7. The van der Waals surface area contributed by atoms with E-state index < -0.39 is 0 Å². The lowest BCUT2D eigenvalue weighted by molar-refractivity contribution is 1.44. The van der Waals surface area contributed by atoms with Gasteiger partial charge in [0.2, 0.25) is 0 Å². The fourth-order valence-corrected chi connectivity index (χ4v) is 4.44. The molecule has 0 saturated heterocycles. The SMILES string of the molecule is Cc1ccc(Nc2ccc(-c3ccc(N)cc3)c(-c3ccc(C)cc3)c2-c2ccc(C)cc2)cc1. The third kappa shape index (κ3) is 4.83. The highest BCUT2D eigenvalue weighted by Gasteiger charge is 2.18. The maximum atomic E-state index is 6.02. The number of nitrogens with two attached hydrogens (primary N) is 1. The Morgan fingerprint density at radius 3 is 1.46 bits per heavy atom. The highest BCUT2D eigenvalue weighted by atomic mass is 14.9. The Labute approximate surface area is 208 Å². The molecule has 35 heavy (non-hydrogen) atoms. The summed E-state index contributed by atoms with van der Waals surface area (Å²) in [5.41, 5.74) is 19.7. The summed E-state index contributed by atoms with van der Waals surface area (Å²) in [6.07, 6.45) is 0. The molecule has 0 heterocycles. The standard InChI is InChI=1S/C33H30N2/c1-22-4-10-26(11-5-22)32-30(25-14-16-28(34)17-15-25)20-21-31(35-29-18-8-24(3)9-19-29)33(32)27-12-6-23(2)7-13-27/h4-21,35H,34H2,1-3H3. The minimum absolute atomic E-state index is 0.766. The molecule has 0 radical (unpaired) electrons. The Bertz CT molecular complexity index is 1440. The van der Waals surface area contributed by atoms with Gasteiger partial charge in [0.15, 0.2) is 0 Å². The van der Waals surface area contributed by atoms with Crippen molar-refractivity contribution < 1.29 is 0 Å². The summed E-state index contributed by atoms with van der Waals surface area (Å²) in [6.45, 7) is 6.36. The van der Waals surface area contributed by atoms with E-state index in [9.17, 15) is 0 Å². The van der Waals surface area contributed by atoms with Crippen LogP contribution in [0.1, 0.15) is 16.7 Å². The van der Waals surface area contributed by atoms with Crippen molar-refractivity contribution >= 4 is 17.1 Å². The van der Waals surface area contributed by atoms with Crippen LogP contribution < -0.4 is 11.1 Å². The summed E-state index contributed by atoms with van der Waals surface area (Å²) < 4.78 is 0. The molecule has 0 spiro atoms. The van der Waals surface area contributed by atoms with E-state index in [0.717, 1.165) is 22.6 Å². The van der Waals surface area contributed by atoms with E-state index in [1.807, 2.05) is 12.1 Å². The fourth-order valence-electron chi connectivity index (χ4n) is 4.44. The van der Waals surface area contributed by atoms with E-state index >= 15 is 0 Å². The lowest BCUT2D eigenvalue weighted by atomic mass is 9.86. The maximum Gasteiger partial charge on any atom is 0.0470 e. The van der Waals surface area contributed by atoms with Crippen LogP contribution in [0.15, 0.2) is 109 Å². The Hall–Kier alpha value is -4.30. The molecule has 5 aromatic carbocycles. The molecule has 172 valence electrons. The van der Waals surface area contributed by atoms with Gasteiger partial charge in [-0.2, -0.15) is 0 Å². The van der Waals surface area contributed by atoms with Crippen LogP contribution in [-0.4, -0.2) is 0 Å². The third-order valence-corrected chi connectivity index (χ3v) is 6.44. The number of aryl methyl sites for hydroxylation is 3. The highest BCUT2D eigenvalue weighted by molar-refractivity contribution is 6.01. The van der Waals surface area contributed by atoms with Crippen molar-refractivity contribution in [1.82, 2.24) is 0 Å². The first-order valence-corrected chi connectivity index (χ1v) is 12.0. The van der Waals surface area contributed by atoms with Crippen LogP contribution in [0, 0.1) is 20.8 Å². The second kappa shape index (κ2) is 9.52. The zero-order valence-electron chi connectivity index (χ0n) is 20.5. The van der Waals surface area contributed by atoms with Crippen LogP contribution in [0.2, 0.25) is 0 Å². The molecular formula is C33H30N2. The molecule has 5 rings (SSSR count). The Kier molecular flexibility index (Phi) is 6.12. The molecule has 0 aromatic heterocycles. The largest absolute Gasteiger partial charge is 0.399 e. The summed E-state index contributed by atoms with van der Waals surface area (Å²) >= 11 is 0. The Balaban J connectivity index is 1.80. The predicted octanol–water partition coefficient (Wildman–Crippen LogP) is 8.94. The van der Waals surface area contributed by atoms with Crippen molar-refractivity contribution in [3.63, 3.8) is 0 Å². The monoisotopic (exact) mass is 454 g/mol. The molecule has 2 heteroatoms. The van der Waals surface area contributed by atoms with Gasteiger partial charge < -0.3 is 11.1 Å². The van der Waals surface area contributed by atoms with E-state index in [4.69, 9.17) is 5.73 Å². The molecule has 0 aliphatic carbocycles. The minimum atomic E-state index is 0.766. The first-order chi connectivity index (χ1) is 17.0. The fraction of sp³-hybridized carbons (Fsp3) is 0.0909. The zero-order chi connectivity index (χ0) is 24.4. The minimum Gasteiger partial charge on any atom is -0.399 e. The van der Waals surface area contributed by atoms with Gasteiger partial charge in [0, 0.05) is 22.6 Å². The number of benzene rings is 5. The molecule has 0 atom stereocenters. The lowest BCUT2D eigenvalue weighted by Crippen LogP contribution is -1.98. The first-order valence-electron chi connectivity index (χ1n) is 12.0. The number of hydrogen-bond acceptors (Lipinski definition) is 2. The normalized spacial score (nSPS) is 10.8. The quantitative estimate of drug-likeness (QED) is 0.260. The predicted molar refractivity (Wildman–Crippen MR) is 151 cm³/mol. The number of hydrogen-bond donors (Lipinski definition) is 2. The molecule has 0 bridgehead atoms. The smallest absolute Gasteiger partial charge is 0.0470 e. The summed E-state index contributed by atoms with van der Waals surface area (Å²) in [5.74, 6) is 0. The molecule has 2 nitrogen and oxygen atoms in total. The maximum absolute atomic E-state index is 6.02. The molecule has 0 fully saturated rings. The van der Waals surface area contributed by atoms with Gasteiger partial charge in [-0.05, 0) is 78.9 Å². The summed E-state index contributed by atoms with van der Waals surface area (Å²) in [7, 11) is 0. The lowest BCUT2D eigenvalue weighted by Gasteiger charge is -2.21. The molecule has 0 unspecified atom stereocenters. The van der Waals surface area contributed by atoms with E-state index in [-0.39, 0.29) is 0 Å². The molecule has 3 N–H and O–H groups in total. The number of nitrogens with one attached hydrogen (secondary N) is 1. The first kappa shape index (κ1) is 22.5. The average molecular weight is 455 g/mol. The van der Waals surface area contributed by atoms with Gasteiger partial charge in [-0.25, -0.2) is 0 Å². The molecule has 0 saturated carbocycles. The molecule has 0 aliphatic heterocycles. The zero-order valence-corrected chi connectivity index (χ0v) is 20.5. The second-order valence-corrected chi connectivity index (χ2v) is 9.26. The van der Waals surface area contributed by atoms with Gasteiger partial charge in [-0.3, -0.25) is 0 Å². The van der Waals surface area contributed by atoms with Crippen molar-refractivity contribution in [2.24, 2.45) is 0 Å². The van der Waals surface area contributed by atoms with Gasteiger partial charge in [-0.1, -0.05) is 95.6 Å². The number of rotatable bonds is 5. The van der Waals surface area contributed by atoms with E-state index in [2.05, 4.69) is 123 Å². The number of nitrogen functional groups attached to an aromatic ring is 1. The van der Waals surface area contributed by atoms with Crippen LogP contribution >= 0.6 is 0 Å². The number of anilines is 3. The second-order valence-electron chi connectivity index (χ2n) is 9.26. The highest BCUT2D eigenvalue weighted by Crippen LogP contribution is 2.45. The van der Waals surface area contributed by atoms with Crippen molar-refractivity contribution in [3.8, 4) is 33.4 Å². The Morgan fingerprint density at radius 2 is 0.914 bits per heavy atom. The van der Waals surface area contributed by atoms with Crippen LogP contribution in [0.3, 0.4) is 0 Å². The topological polar surface area (TPSA) is 38.0 Å². The van der Waals surface area contributed by atoms with Crippen LogP contribution in [0.25, 0.3) is 33.4 Å². The summed E-state index contributed by atoms with van der Waals surface area (Å²) in [5, 5.41) is 3.70. The van der Waals surface area contributed by atoms with Crippen LogP contribution in [0.4, 0.5) is 17.1 Å². The van der Waals surface area contributed by atoms with Crippen LogP contribution in [0.5, 0.6) is 0 Å². The molecular weight excluding hydrogens is 424 g/mol. The van der Waals surface area contributed by atoms with E-state index in [1.54, 1.807) is 0 Å². The molecule has 0 aliphatic rings. The van der Waals surface area contributed by atoms with Gasteiger partial charge in [0.05, 0.1) is 0 Å². The van der Waals surface area contributed by atoms with Crippen molar-refractivity contribution in [3.05, 3.63) is 126 Å². The average Bonchev–Trinajstić information content (AvgIpc) is 2.87. The van der Waals surface area contributed by atoms with Crippen LogP contribution in [-0.2, 0) is 0 Å².